The maximum absolute atomic E-state index is 12.2. The molecular weight excluding hydrogens is 326 g/mol. The largest absolute Gasteiger partial charge is 0.439 e. The van der Waals surface area contributed by atoms with Crippen LogP contribution in [0.15, 0.2) is 36.5 Å². The van der Waals surface area contributed by atoms with Crippen LogP contribution in [0.4, 0.5) is 0 Å². The van der Waals surface area contributed by atoms with E-state index in [-0.39, 0.29) is 11.9 Å². The van der Waals surface area contributed by atoms with Crippen molar-refractivity contribution in [2.75, 3.05) is 0 Å². The fourth-order valence-electron chi connectivity index (χ4n) is 3.39. The first-order chi connectivity index (χ1) is 12.5. The van der Waals surface area contributed by atoms with E-state index >= 15 is 0 Å². The van der Waals surface area contributed by atoms with Crippen LogP contribution in [0.2, 0.25) is 0 Å². The maximum Gasteiger partial charge on any atom is 0.220 e. The number of rotatable bonds is 6. The van der Waals surface area contributed by atoms with Gasteiger partial charge >= 0.3 is 0 Å². The topological polar surface area (TPSA) is 77.2 Å². The van der Waals surface area contributed by atoms with Crippen LogP contribution in [-0.2, 0) is 11.3 Å². The molecule has 1 amide bonds. The van der Waals surface area contributed by atoms with Crippen LogP contribution < -0.4 is 15.8 Å². The van der Waals surface area contributed by atoms with Gasteiger partial charge in [-0.05, 0) is 61.4 Å². The van der Waals surface area contributed by atoms with E-state index in [2.05, 4.69) is 23.3 Å². The summed E-state index contributed by atoms with van der Waals surface area (Å²) in [5, 5.41) is 2.98. The number of hydrogen-bond donors (Lipinski definition) is 2. The highest BCUT2D eigenvalue weighted by Gasteiger charge is 2.25. The van der Waals surface area contributed by atoms with Gasteiger partial charge in [0.1, 0.15) is 5.75 Å². The van der Waals surface area contributed by atoms with Gasteiger partial charge in [-0.25, -0.2) is 4.98 Å². The third-order valence-electron chi connectivity index (χ3n) is 5.22. The summed E-state index contributed by atoms with van der Waals surface area (Å²) in [6.07, 6.45) is 5.43. The highest BCUT2D eigenvalue weighted by molar-refractivity contribution is 5.76. The van der Waals surface area contributed by atoms with E-state index in [1.54, 1.807) is 6.20 Å². The molecule has 1 heterocycles. The van der Waals surface area contributed by atoms with E-state index in [0.717, 1.165) is 36.1 Å². The van der Waals surface area contributed by atoms with E-state index in [0.29, 0.717) is 24.8 Å². The minimum Gasteiger partial charge on any atom is -0.439 e. The molecule has 1 aromatic heterocycles. The van der Waals surface area contributed by atoms with Crippen LogP contribution in [0, 0.1) is 19.8 Å². The van der Waals surface area contributed by atoms with Gasteiger partial charge in [0.05, 0.1) is 0 Å². The Morgan fingerprint density at radius 2 is 2.15 bits per heavy atom. The Morgan fingerprint density at radius 1 is 1.31 bits per heavy atom. The lowest BCUT2D eigenvalue weighted by Crippen LogP contribution is -2.31. The van der Waals surface area contributed by atoms with Crippen LogP contribution in [0.3, 0.4) is 0 Å². The van der Waals surface area contributed by atoms with Crippen molar-refractivity contribution in [3.05, 3.63) is 53.2 Å². The van der Waals surface area contributed by atoms with Crippen LogP contribution >= 0.6 is 0 Å². The Balaban J connectivity index is 1.57. The molecule has 1 saturated carbocycles. The zero-order chi connectivity index (χ0) is 18.5. The second kappa shape index (κ2) is 8.32. The summed E-state index contributed by atoms with van der Waals surface area (Å²) in [7, 11) is 0. The zero-order valence-corrected chi connectivity index (χ0v) is 15.5. The van der Waals surface area contributed by atoms with Gasteiger partial charge in [0.15, 0.2) is 0 Å². The molecule has 5 heteroatoms. The van der Waals surface area contributed by atoms with Crippen molar-refractivity contribution in [1.82, 2.24) is 10.3 Å². The monoisotopic (exact) mass is 353 g/mol. The highest BCUT2D eigenvalue weighted by Crippen LogP contribution is 2.27. The summed E-state index contributed by atoms with van der Waals surface area (Å²) in [6.45, 7) is 4.55. The first kappa shape index (κ1) is 18.4. The van der Waals surface area contributed by atoms with Crippen molar-refractivity contribution >= 4 is 5.91 Å². The number of hydrogen-bond acceptors (Lipinski definition) is 4. The lowest BCUT2D eigenvalue weighted by atomic mass is 10.00. The van der Waals surface area contributed by atoms with Gasteiger partial charge in [0, 0.05) is 31.3 Å². The lowest BCUT2D eigenvalue weighted by Gasteiger charge is -2.15. The number of nitrogens with two attached hydrogens (primary N) is 1. The molecule has 0 saturated heterocycles. The van der Waals surface area contributed by atoms with Crippen molar-refractivity contribution < 1.29 is 9.53 Å². The van der Waals surface area contributed by atoms with Crippen molar-refractivity contribution in [3.63, 3.8) is 0 Å². The highest BCUT2D eigenvalue weighted by atomic mass is 16.5. The Bertz CT molecular complexity index is 776. The molecule has 2 atom stereocenters. The van der Waals surface area contributed by atoms with Gasteiger partial charge in [-0.3, -0.25) is 4.79 Å². The summed E-state index contributed by atoms with van der Waals surface area (Å²) in [4.78, 5) is 16.4. The molecule has 26 heavy (non-hydrogen) atoms. The molecule has 3 rings (SSSR count). The summed E-state index contributed by atoms with van der Waals surface area (Å²) in [5.74, 6) is 1.70. The number of amides is 1. The van der Waals surface area contributed by atoms with Gasteiger partial charge in [-0.15, -0.1) is 0 Å². The number of carbonyl (C=O) groups excluding carboxylic acids is 1. The predicted molar refractivity (Wildman–Crippen MR) is 102 cm³/mol. The summed E-state index contributed by atoms with van der Waals surface area (Å²) in [5.41, 5.74) is 9.28. The number of pyridine rings is 1. The van der Waals surface area contributed by atoms with E-state index in [9.17, 15) is 4.79 Å². The molecule has 0 radical (unpaired) electrons. The van der Waals surface area contributed by atoms with Crippen LogP contribution in [-0.4, -0.2) is 16.9 Å². The van der Waals surface area contributed by atoms with Gasteiger partial charge in [-0.1, -0.05) is 18.6 Å². The minimum absolute atomic E-state index is 0.0566. The molecule has 2 aromatic rings. The number of ether oxygens (including phenoxy) is 1. The molecule has 0 bridgehead atoms. The molecule has 1 aromatic carbocycles. The van der Waals surface area contributed by atoms with Crippen molar-refractivity contribution in [2.24, 2.45) is 11.7 Å². The first-order valence-electron chi connectivity index (χ1n) is 9.24. The third-order valence-corrected chi connectivity index (χ3v) is 5.22. The molecule has 0 unspecified atom stereocenters. The SMILES string of the molecule is Cc1cccc(Oc2cc(CNC(=O)C[C@@H]3CCC[C@H]3N)ccn2)c1C. The number of aryl methyl sites for hydroxylation is 1. The van der Waals surface area contributed by atoms with Crippen molar-refractivity contribution in [3.8, 4) is 11.6 Å². The van der Waals surface area contributed by atoms with Crippen molar-refractivity contribution in [2.45, 2.75) is 52.1 Å². The molecule has 1 aliphatic rings. The summed E-state index contributed by atoms with van der Waals surface area (Å²) >= 11 is 0. The summed E-state index contributed by atoms with van der Waals surface area (Å²) in [6, 6.07) is 9.87. The van der Waals surface area contributed by atoms with Crippen LogP contribution in [0.25, 0.3) is 0 Å². The Kier molecular flexibility index (Phi) is 5.89. The lowest BCUT2D eigenvalue weighted by molar-refractivity contribution is -0.122. The normalized spacial score (nSPS) is 19.3. The van der Waals surface area contributed by atoms with Gasteiger partial charge in [0.25, 0.3) is 0 Å². The van der Waals surface area contributed by atoms with E-state index in [1.807, 2.05) is 31.2 Å². The molecule has 0 aliphatic heterocycles. The molecule has 1 aliphatic carbocycles. The van der Waals surface area contributed by atoms with Gasteiger partial charge in [0.2, 0.25) is 11.8 Å². The molecule has 138 valence electrons. The van der Waals surface area contributed by atoms with E-state index in [1.165, 1.54) is 5.56 Å². The molecule has 3 N–H and O–H groups in total. The number of aromatic nitrogens is 1. The second-order valence-electron chi connectivity index (χ2n) is 7.14. The minimum atomic E-state index is 0.0566. The number of nitrogens with one attached hydrogen (secondary N) is 1. The maximum atomic E-state index is 12.2. The van der Waals surface area contributed by atoms with Crippen LogP contribution in [0.5, 0.6) is 11.6 Å². The predicted octanol–water partition coefficient (Wildman–Crippen LogP) is 3.62. The molecule has 0 spiro atoms. The average molecular weight is 353 g/mol. The fourth-order valence-corrected chi connectivity index (χ4v) is 3.39. The first-order valence-corrected chi connectivity index (χ1v) is 9.24. The van der Waals surface area contributed by atoms with Crippen LogP contribution in [0.1, 0.15) is 42.4 Å². The van der Waals surface area contributed by atoms with Gasteiger partial charge in [-0.2, -0.15) is 0 Å². The van der Waals surface area contributed by atoms with E-state index < -0.39 is 0 Å². The Labute approximate surface area is 155 Å². The smallest absolute Gasteiger partial charge is 0.220 e. The molecule has 1 fully saturated rings. The number of nitrogens with zero attached hydrogens (tertiary/aromatic N) is 1. The Morgan fingerprint density at radius 3 is 2.92 bits per heavy atom. The quantitative estimate of drug-likeness (QED) is 0.831. The second-order valence-corrected chi connectivity index (χ2v) is 7.14. The fraction of sp³-hybridized carbons (Fsp3) is 0.429. The average Bonchev–Trinajstić information content (AvgIpc) is 3.02. The number of benzene rings is 1. The number of carbonyl (C=O) groups is 1. The Hall–Kier alpha value is -2.40. The molecular formula is C21H27N3O2. The third kappa shape index (κ3) is 4.61. The summed E-state index contributed by atoms with van der Waals surface area (Å²) < 4.78 is 5.92. The standard InChI is InChI=1S/C21H27N3O2/c1-14-5-3-8-19(15(14)2)26-21-11-16(9-10-23-21)13-24-20(25)12-17-6-4-7-18(17)22/h3,5,8-11,17-18H,4,6-7,12-13,22H2,1-2H3,(H,24,25)/t17-,18+/m0/s1. The van der Waals surface area contributed by atoms with Gasteiger partial charge < -0.3 is 15.8 Å². The zero-order valence-electron chi connectivity index (χ0n) is 15.5. The van der Waals surface area contributed by atoms with Crippen molar-refractivity contribution in [1.29, 1.82) is 0 Å². The van der Waals surface area contributed by atoms with E-state index in [4.69, 9.17) is 10.5 Å². The molecule has 5 nitrogen and oxygen atoms in total.